The molecule has 0 saturated heterocycles. The molecule has 1 aromatic rings. The fraction of sp³-hybridized carbons (Fsp3) is 0.500. The van der Waals surface area contributed by atoms with Crippen LogP contribution in [0.2, 0.25) is 0 Å². The fourth-order valence-corrected chi connectivity index (χ4v) is 2.64. The number of nitrogens with zero attached hydrogens (tertiary/aromatic N) is 1. The lowest BCUT2D eigenvalue weighted by Crippen LogP contribution is -2.47. The molecule has 18 heavy (non-hydrogen) atoms. The van der Waals surface area contributed by atoms with E-state index in [9.17, 15) is 4.79 Å². The Bertz CT molecular complexity index is 433. The number of carbonyl (C=O) groups excluding carboxylic acids is 1. The predicted molar refractivity (Wildman–Crippen MR) is 73.7 cm³/mol. The summed E-state index contributed by atoms with van der Waals surface area (Å²) in [4.78, 5) is 14.0. The summed E-state index contributed by atoms with van der Waals surface area (Å²) in [6.45, 7) is 2.85. The number of carbonyl (C=O) groups is 1. The zero-order chi connectivity index (χ0) is 13.1. The standard InChI is InChI=1S/C14H21N3O/c1-10(14(18)16-3)17-9-8-12(15-2)11-6-4-5-7-13(11)17/h4-7,10,12,15H,8-9H2,1-3H3,(H,16,18). The van der Waals surface area contributed by atoms with E-state index in [4.69, 9.17) is 0 Å². The van der Waals surface area contributed by atoms with Crippen LogP contribution in [-0.4, -0.2) is 32.6 Å². The number of rotatable bonds is 3. The minimum Gasteiger partial charge on any atom is -0.359 e. The zero-order valence-corrected chi connectivity index (χ0v) is 11.2. The third kappa shape index (κ3) is 2.20. The van der Waals surface area contributed by atoms with Gasteiger partial charge in [-0.2, -0.15) is 0 Å². The molecular weight excluding hydrogens is 226 g/mol. The number of likely N-dealkylation sites (N-methyl/N-ethyl adjacent to an activating group) is 1. The van der Waals surface area contributed by atoms with Crippen molar-refractivity contribution in [3.05, 3.63) is 29.8 Å². The van der Waals surface area contributed by atoms with E-state index < -0.39 is 0 Å². The molecule has 0 radical (unpaired) electrons. The van der Waals surface area contributed by atoms with Crippen LogP contribution in [0.25, 0.3) is 0 Å². The monoisotopic (exact) mass is 247 g/mol. The van der Waals surface area contributed by atoms with Gasteiger partial charge < -0.3 is 15.5 Å². The Morgan fingerprint density at radius 3 is 2.78 bits per heavy atom. The first kappa shape index (κ1) is 12.9. The predicted octanol–water partition coefficient (Wildman–Crippen LogP) is 1.29. The van der Waals surface area contributed by atoms with Gasteiger partial charge >= 0.3 is 0 Å². The van der Waals surface area contributed by atoms with Crippen molar-refractivity contribution in [3.8, 4) is 0 Å². The molecule has 1 aliphatic heterocycles. The smallest absolute Gasteiger partial charge is 0.242 e. The van der Waals surface area contributed by atoms with E-state index in [0.717, 1.165) is 13.0 Å². The largest absolute Gasteiger partial charge is 0.359 e. The Labute approximate surface area is 108 Å². The summed E-state index contributed by atoms with van der Waals surface area (Å²) in [6.07, 6.45) is 1.02. The number of nitrogens with one attached hydrogen (secondary N) is 2. The molecule has 4 heteroatoms. The third-order valence-corrected chi connectivity index (χ3v) is 3.72. The summed E-state index contributed by atoms with van der Waals surface area (Å²) >= 11 is 0. The van der Waals surface area contributed by atoms with Crippen molar-refractivity contribution in [2.24, 2.45) is 0 Å². The normalized spacial score (nSPS) is 20.2. The second-order valence-electron chi connectivity index (χ2n) is 4.67. The highest BCUT2D eigenvalue weighted by atomic mass is 16.2. The molecule has 0 aliphatic carbocycles. The molecule has 0 bridgehead atoms. The van der Waals surface area contributed by atoms with Crippen molar-refractivity contribution >= 4 is 11.6 Å². The maximum atomic E-state index is 11.8. The molecule has 1 amide bonds. The molecule has 0 spiro atoms. The average molecular weight is 247 g/mol. The number of fused-ring (bicyclic) bond motifs is 1. The first-order chi connectivity index (χ1) is 8.69. The van der Waals surface area contributed by atoms with Crippen LogP contribution >= 0.6 is 0 Å². The first-order valence-corrected chi connectivity index (χ1v) is 6.43. The number of anilines is 1. The Balaban J connectivity index is 2.33. The van der Waals surface area contributed by atoms with Crippen LogP contribution in [0, 0.1) is 0 Å². The Hall–Kier alpha value is -1.55. The quantitative estimate of drug-likeness (QED) is 0.846. The van der Waals surface area contributed by atoms with Crippen molar-refractivity contribution in [3.63, 3.8) is 0 Å². The number of benzene rings is 1. The minimum absolute atomic E-state index is 0.0627. The molecule has 2 rings (SSSR count). The lowest BCUT2D eigenvalue weighted by atomic mass is 9.95. The lowest BCUT2D eigenvalue weighted by molar-refractivity contribution is -0.121. The molecule has 1 aliphatic rings. The summed E-state index contributed by atoms with van der Waals surface area (Å²) in [7, 11) is 3.67. The van der Waals surface area contributed by atoms with Gasteiger partial charge in [-0.05, 0) is 32.0 Å². The highest BCUT2D eigenvalue weighted by molar-refractivity contribution is 5.85. The number of hydrogen-bond donors (Lipinski definition) is 2. The van der Waals surface area contributed by atoms with E-state index in [0.29, 0.717) is 6.04 Å². The van der Waals surface area contributed by atoms with Gasteiger partial charge in [0, 0.05) is 25.3 Å². The highest BCUT2D eigenvalue weighted by Gasteiger charge is 2.29. The summed E-state index contributed by atoms with van der Waals surface area (Å²) in [5, 5.41) is 6.06. The molecule has 4 nitrogen and oxygen atoms in total. The van der Waals surface area contributed by atoms with Crippen LogP contribution in [0.4, 0.5) is 5.69 Å². The number of amides is 1. The third-order valence-electron chi connectivity index (χ3n) is 3.72. The van der Waals surface area contributed by atoms with E-state index in [1.54, 1.807) is 7.05 Å². The first-order valence-electron chi connectivity index (χ1n) is 6.43. The molecule has 2 atom stereocenters. The summed E-state index contributed by atoms with van der Waals surface area (Å²) in [5.41, 5.74) is 2.45. The summed E-state index contributed by atoms with van der Waals surface area (Å²) < 4.78 is 0. The molecular formula is C14H21N3O. The van der Waals surface area contributed by atoms with Gasteiger partial charge in [-0.3, -0.25) is 4.79 Å². The molecule has 1 heterocycles. The molecule has 0 fully saturated rings. The SMILES string of the molecule is CNC(=O)C(C)N1CCC(NC)c2ccccc21. The van der Waals surface area contributed by atoms with Gasteiger partial charge in [0.1, 0.15) is 6.04 Å². The van der Waals surface area contributed by atoms with Crippen molar-refractivity contribution in [2.75, 3.05) is 25.5 Å². The van der Waals surface area contributed by atoms with Crippen molar-refractivity contribution in [2.45, 2.75) is 25.4 Å². The molecule has 1 aromatic carbocycles. The number of para-hydroxylation sites is 1. The second kappa shape index (κ2) is 5.40. The molecule has 0 saturated carbocycles. The van der Waals surface area contributed by atoms with Crippen molar-refractivity contribution < 1.29 is 4.79 Å². The van der Waals surface area contributed by atoms with E-state index in [1.807, 2.05) is 20.0 Å². The van der Waals surface area contributed by atoms with Crippen LogP contribution in [-0.2, 0) is 4.79 Å². The molecule has 2 unspecified atom stereocenters. The molecule has 0 aromatic heterocycles. The maximum Gasteiger partial charge on any atom is 0.242 e. The fourth-order valence-electron chi connectivity index (χ4n) is 2.64. The van der Waals surface area contributed by atoms with Gasteiger partial charge in [-0.1, -0.05) is 18.2 Å². The minimum atomic E-state index is -0.131. The molecule has 2 N–H and O–H groups in total. The van der Waals surface area contributed by atoms with E-state index >= 15 is 0 Å². The second-order valence-corrected chi connectivity index (χ2v) is 4.67. The van der Waals surface area contributed by atoms with Crippen LogP contribution < -0.4 is 15.5 Å². The number of hydrogen-bond acceptors (Lipinski definition) is 3. The van der Waals surface area contributed by atoms with Crippen LogP contribution in [0.5, 0.6) is 0 Å². The van der Waals surface area contributed by atoms with Gasteiger partial charge in [0.15, 0.2) is 0 Å². The Morgan fingerprint density at radius 1 is 1.39 bits per heavy atom. The van der Waals surface area contributed by atoms with Gasteiger partial charge in [-0.15, -0.1) is 0 Å². The van der Waals surface area contributed by atoms with Crippen LogP contribution in [0.15, 0.2) is 24.3 Å². The van der Waals surface area contributed by atoms with Gasteiger partial charge in [-0.25, -0.2) is 0 Å². The van der Waals surface area contributed by atoms with Crippen LogP contribution in [0.3, 0.4) is 0 Å². The summed E-state index contributed by atoms with van der Waals surface area (Å²) in [5.74, 6) is 0.0627. The van der Waals surface area contributed by atoms with E-state index in [1.165, 1.54) is 11.3 Å². The van der Waals surface area contributed by atoms with Gasteiger partial charge in [0.2, 0.25) is 5.91 Å². The maximum absolute atomic E-state index is 11.8. The van der Waals surface area contributed by atoms with E-state index in [-0.39, 0.29) is 11.9 Å². The topological polar surface area (TPSA) is 44.4 Å². The van der Waals surface area contributed by atoms with Gasteiger partial charge in [0.05, 0.1) is 0 Å². The molecule has 98 valence electrons. The van der Waals surface area contributed by atoms with Crippen molar-refractivity contribution in [1.82, 2.24) is 10.6 Å². The van der Waals surface area contributed by atoms with Crippen LogP contribution in [0.1, 0.15) is 24.9 Å². The zero-order valence-electron chi connectivity index (χ0n) is 11.2. The highest BCUT2D eigenvalue weighted by Crippen LogP contribution is 2.34. The Morgan fingerprint density at radius 2 is 2.11 bits per heavy atom. The van der Waals surface area contributed by atoms with Gasteiger partial charge in [0.25, 0.3) is 0 Å². The Kier molecular flexibility index (Phi) is 3.87. The summed E-state index contributed by atoms with van der Waals surface area (Å²) in [6, 6.07) is 8.57. The van der Waals surface area contributed by atoms with E-state index in [2.05, 4.69) is 33.7 Å². The lowest BCUT2D eigenvalue weighted by Gasteiger charge is -2.38. The van der Waals surface area contributed by atoms with Crippen molar-refractivity contribution in [1.29, 1.82) is 0 Å². The average Bonchev–Trinajstić information content (AvgIpc) is 2.44.